The third kappa shape index (κ3) is 8.41. The van der Waals surface area contributed by atoms with E-state index in [0.717, 1.165) is 13.3 Å². The topological polar surface area (TPSA) is 87.0 Å². The molecule has 6 heteroatoms. The maximum atomic E-state index is 9.71. The molecule has 15 heavy (non-hydrogen) atoms. The zero-order valence-corrected chi connectivity index (χ0v) is 9.22. The molecule has 0 amide bonds. The summed E-state index contributed by atoms with van der Waals surface area (Å²) in [7, 11) is -1.97. The molecule has 0 aliphatic heterocycles. The van der Waals surface area contributed by atoms with Crippen LogP contribution in [0.4, 0.5) is 0 Å². The van der Waals surface area contributed by atoms with Crippen LogP contribution < -0.4 is 0 Å². The van der Waals surface area contributed by atoms with E-state index in [-0.39, 0.29) is 6.10 Å². The molecule has 5 nitrogen and oxygen atoms in total. The predicted molar refractivity (Wildman–Crippen MR) is 55.6 cm³/mol. The average molecular weight is 218 g/mol. The van der Waals surface area contributed by atoms with Gasteiger partial charge in [-0.15, -0.1) is 0 Å². The van der Waals surface area contributed by atoms with E-state index in [2.05, 4.69) is 11.6 Å². The van der Waals surface area contributed by atoms with Crippen molar-refractivity contribution in [3.63, 3.8) is 0 Å². The normalized spacial score (nSPS) is 24.9. The number of hydrogen-bond donors (Lipinski definition) is 3. The first kappa shape index (κ1) is 14.4. The second-order valence-corrected chi connectivity index (χ2v) is 3.76. The van der Waals surface area contributed by atoms with Crippen LogP contribution in [0.2, 0.25) is 0 Å². The Labute approximate surface area is 90.2 Å². The van der Waals surface area contributed by atoms with E-state index in [1.54, 1.807) is 0 Å². The minimum atomic E-state index is -1.97. The van der Waals surface area contributed by atoms with Crippen LogP contribution in [0, 0.1) is 5.92 Å². The number of aliphatic hydroxyl groups excluding tert-OH is 1. The van der Waals surface area contributed by atoms with Gasteiger partial charge < -0.3 is 19.8 Å². The Morgan fingerprint density at radius 1 is 1.33 bits per heavy atom. The molecular formula is C9H19BO5. The lowest BCUT2D eigenvalue weighted by molar-refractivity contribution is -0.134. The summed E-state index contributed by atoms with van der Waals surface area (Å²) in [6, 6.07) is 0. The van der Waals surface area contributed by atoms with E-state index in [4.69, 9.17) is 10.0 Å². The van der Waals surface area contributed by atoms with Crippen molar-refractivity contribution in [2.45, 2.75) is 45.6 Å². The van der Waals surface area contributed by atoms with Crippen LogP contribution in [0.3, 0.4) is 0 Å². The minimum absolute atomic E-state index is 0.00347. The molecule has 1 saturated carbocycles. The van der Waals surface area contributed by atoms with E-state index in [9.17, 15) is 9.90 Å². The Kier molecular flexibility index (Phi) is 7.37. The highest BCUT2D eigenvalue weighted by atomic mass is 16.6. The molecule has 3 N–H and O–H groups in total. The molecule has 0 aromatic rings. The smallest absolute Gasteiger partial charge is 0.485 e. The van der Waals surface area contributed by atoms with Crippen LogP contribution in [0.5, 0.6) is 0 Å². The van der Waals surface area contributed by atoms with Gasteiger partial charge in [0.15, 0.2) is 0 Å². The lowest BCUT2D eigenvalue weighted by Crippen LogP contribution is -2.21. The summed E-state index contributed by atoms with van der Waals surface area (Å²) in [5, 5.41) is 24.8. The summed E-state index contributed by atoms with van der Waals surface area (Å²) in [6.45, 7) is 3.21. The van der Waals surface area contributed by atoms with Crippen LogP contribution in [0.1, 0.15) is 39.5 Å². The molecule has 0 aromatic carbocycles. The van der Waals surface area contributed by atoms with Crippen molar-refractivity contribution in [2.24, 2.45) is 5.92 Å². The highest BCUT2D eigenvalue weighted by molar-refractivity contribution is 6.35. The van der Waals surface area contributed by atoms with E-state index in [0.29, 0.717) is 5.92 Å². The van der Waals surface area contributed by atoms with Gasteiger partial charge in [-0.2, -0.15) is 0 Å². The Hall–Kier alpha value is -0.585. The lowest BCUT2D eigenvalue weighted by atomic mass is 9.88. The van der Waals surface area contributed by atoms with Crippen LogP contribution in [0.15, 0.2) is 0 Å². The molecule has 2 atom stereocenters. The molecule has 88 valence electrons. The fraction of sp³-hybridized carbons (Fsp3) is 0.889. The van der Waals surface area contributed by atoms with Gasteiger partial charge in [0, 0.05) is 6.92 Å². The standard InChI is InChI=1S/C7H14O.C2H5BO4/c1-6-4-2-3-5-7(6)8;1-2(4)7-3(5)6/h6-8H,2-5H2,1H3;5-6H,1H3. The van der Waals surface area contributed by atoms with Crippen LogP contribution in [-0.2, 0) is 9.45 Å². The van der Waals surface area contributed by atoms with E-state index >= 15 is 0 Å². The Morgan fingerprint density at radius 3 is 2.07 bits per heavy atom. The van der Waals surface area contributed by atoms with Crippen LogP contribution >= 0.6 is 0 Å². The van der Waals surface area contributed by atoms with Crippen molar-refractivity contribution in [2.75, 3.05) is 0 Å². The van der Waals surface area contributed by atoms with Gasteiger partial charge in [0.1, 0.15) is 0 Å². The van der Waals surface area contributed by atoms with E-state index in [1.165, 1.54) is 19.3 Å². The zero-order valence-electron chi connectivity index (χ0n) is 9.22. The van der Waals surface area contributed by atoms with Crippen molar-refractivity contribution >= 4 is 13.3 Å². The molecule has 0 bridgehead atoms. The van der Waals surface area contributed by atoms with Gasteiger partial charge in [0.05, 0.1) is 6.10 Å². The molecule has 0 heterocycles. The first-order valence-corrected chi connectivity index (χ1v) is 5.15. The Balaban J connectivity index is 0.000000265. The van der Waals surface area contributed by atoms with Crippen LogP contribution in [-0.4, -0.2) is 34.5 Å². The van der Waals surface area contributed by atoms with Crippen molar-refractivity contribution in [1.82, 2.24) is 0 Å². The van der Waals surface area contributed by atoms with Gasteiger partial charge >= 0.3 is 7.32 Å². The molecule has 0 radical (unpaired) electrons. The summed E-state index contributed by atoms with van der Waals surface area (Å²) in [6.07, 6.45) is 4.80. The number of aliphatic hydroxyl groups is 1. The molecule has 0 saturated heterocycles. The maximum absolute atomic E-state index is 9.71. The van der Waals surface area contributed by atoms with Crippen molar-refractivity contribution in [3.05, 3.63) is 0 Å². The van der Waals surface area contributed by atoms with E-state index < -0.39 is 13.3 Å². The SMILES string of the molecule is CC(=O)OB(O)O.CC1CCCCC1O. The maximum Gasteiger partial charge on any atom is 0.709 e. The Morgan fingerprint density at radius 2 is 1.87 bits per heavy atom. The summed E-state index contributed by atoms with van der Waals surface area (Å²) in [5.74, 6) is -0.154. The minimum Gasteiger partial charge on any atom is -0.485 e. The summed E-state index contributed by atoms with van der Waals surface area (Å²) < 4.78 is 3.72. The molecule has 2 unspecified atom stereocenters. The molecule has 0 spiro atoms. The van der Waals surface area contributed by atoms with Crippen molar-refractivity contribution in [3.8, 4) is 0 Å². The molecule has 1 aliphatic rings. The molecule has 1 rings (SSSR count). The second kappa shape index (κ2) is 7.67. The molecule has 1 fully saturated rings. The first-order valence-electron chi connectivity index (χ1n) is 5.15. The fourth-order valence-electron chi connectivity index (χ4n) is 1.45. The molecule has 1 aliphatic carbocycles. The second-order valence-electron chi connectivity index (χ2n) is 3.76. The van der Waals surface area contributed by atoms with Gasteiger partial charge in [0.2, 0.25) is 0 Å². The third-order valence-corrected chi connectivity index (χ3v) is 2.34. The highest BCUT2D eigenvalue weighted by Gasteiger charge is 2.17. The summed E-state index contributed by atoms with van der Waals surface area (Å²) in [5.41, 5.74) is 0. The molecule has 0 aromatic heterocycles. The van der Waals surface area contributed by atoms with Gasteiger partial charge in [-0.3, -0.25) is 4.79 Å². The number of hydrogen-bond acceptors (Lipinski definition) is 5. The monoisotopic (exact) mass is 218 g/mol. The average Bonchev–Trinajstić information content (AvgIpc) is 2.08. The van der Waals surface area contributed by atoms with Crippen LogP contribution in [0.25, 0.3) is 0 Å². The quantitative estimate of drug-likeness (QED) is 0.542. The Bertz CT molecular complexity index is 175. The van der Waals surface area contributed by atoms with E-state index in [1.807, 2.05) is 0 Å². The molecular weight excluding hydrogens is 199 g/mol. The number of rotatable bonds is 1. The van der Waals surface area contributed by atoms with Gasteiger partial charge in [-0.25, -0.2) is 0 Å². The van der Waals surface area contributed by atoms with Crippen molar-refractivity contribution < 1.29 is 24.6 Å². The number of carbonyl (C=O) groups is 1. The summed E-state index contributed by atoms with van der Waals surface area (Å²) >= 11 is 0. The zero-order chi connectivity index (χ0) is 11.8. The first-order chi connectivity index (χ1) is 6.93. The number of carbonyl (C=O) groups excluding carboxylic acids is 1. The summed E-state index contributed by atoms with van der Waals surface area (Å²) in [4.78, 5) is 9.71. The van der Waals surface area contributed by atoms with Crippen molar-refractivity contribution in [1.29, 1.82) is 0 Å². The lowest BCUT2D eigenvalue weighted by Gasteiger charge is -2.23. The van der Waals surface area contributed by atoms with Gasteiger partial charge in [0.25, 0.3) is 5.97 Å². The third-order valence-electron chi connectivity index (χ3n) is 2.34. The van der Waals surface area contributed by atoms with Gasteiger partial charge in [-0.1, -0.05) is 19.8 Å². The largest absolute Gasteiger partial charge is 0.709 e. The highest BCUT2D eigenvalue weighted by Crippen LogP contribution is 2.22. The fourth-order valence-corrected chi connectivity index (χ4v) is 1.45. The van der Waals surface area contributed by atoms with Gasteiger partial charge in [-0.05, 0) is 18.8 Å². The predicted octanol–water partition coefficient (Wildman–Crippen LogP) is 0.0764.